The molecule has 3 N–H and O–H groups in total. The summed E-state index contributed by atoms with van der Waals surface area (Å²) in [5, 5.41) is 2.85. The molecule has 1 saturated heterocycles. The van der Waals surface area contributed by atoms with E-state index in [1.807, 2.05) is 6.92 Å². The number of nitrogens with one attached hydrogen (secondary N) is 1. The molecule has 1 aliphatic rings. The molecule has 0 aromatic heterocycles. The molecule has 0 spiro atoms. The van der Waals surface area contributed by atoms with Gasteiger partial charge in [-0.1, -0.05) is 6.92 Å². The molecule has 1 amide bonds. The fourth-order valence-corrected chi connectivity index (χ4v) is 2.89. The van der Waals surface area contributed by atoms with E-state index in [9.17, 15) is 9.18 Å². The maximum atomic E-state index is 13.7. The first-order chi connectivity index (χ1) is 10.9. The number of hydrogen-bond acceptors (Lipinski definition) is 4. The van der Waals surface area contributed by atoms with Gasteiger partial charge in [-0.3, -0.25) is 4.79 Å². The Balaban J connectivity index is 0.00000288. The van der Waals surface area contributed by atoms with E-state index in [1.165, 1.54) is 12.1 Å². The van der Waals surface area contributed by atoms with Crippen molar-refractivity contribution in [3.05, 3.63) is 29.6 Å². The largest absolute Gasteiger partial charge is 0.369 e. The molecule has 0 bridgehead atoms. The SMILES string of the molecule is CCN1CCN(c2ccc(F)cc2C(C)NC(=O)C(C)N)CC1.Cl. The van der Waals surface area contributed by atoms with Crippen LogP contribution in [0.2, 0.25) is 0 Å². The molecule has 1 fully saturated rings. The fraction of sp³-hybridized carbons (Fsp3) is 0.588. The summed E-state index contributed by atoms with van der Waals surface area (Å²) in [5.41, 5.74) is 7.38. The van der Waals surface area contributed by atoms with E-state index >= 15 is 0 Å². The highest BCUT2D eigenvalue weighted by Gasteiger charge is 2.22. The van der Waals surface area contributed by atoms with Crippen molar-refractivity contribution in [3.8, 4) is 0 Å². The van der Waals surface area contributed by atoms with Crippen LogP contribution in [0.1, 0.15) is 32.4 Å². The summed E-state index contributed by atoms with van der Waals surface area (Å²) in [6.07, 6.45) is 0. The van der Waals surface area contributed by atoms with E-state index in [4.69, 9.17) is 5.73 Å². The van der Waals surface area contributed by atoms with Gasteiger partial charge in [-0.2, -0.15) is 0 Å². The van der Waals surface area contributed by atoms with Crippen molar-refractivity contribution in [1.82, 2.24) is 10.2 Å². The van der Waals surface area contributed by atoms with Gasteiger partial charge < -0.3 is 20.9 Å². The van der Waals surface area contributed by atoms with Crippen LogP contribution >= 0.6 is 12.4 Å². The zero-order valence-corrected chi connectivity index (χ0v) is 15.4. The smallest absolute Gasteiger partial charge is 0.237 e. The minimum absolute atomic E-state index is 0. The van der Waals surface area contributed by atoms with Crippen LogP contribution in [0.15, 0.2) is 18.2 Å². The predicted molar refractivity (Wildman–Crippen MR) is 98.2 cm³/mol. The Labute approximate surface area is 149 Å². The number of amides is 1. The van der Waals surface area contributed by atoms with Crippen LogP contribution in [-0.4, -0.2) is 49.6 Å². The number of carbonyl (C=O) groups is 1. The number of carbonyl (C=O) groups excluding carboxylic acids is 1. The Morgan fingerprint density at radius 1 is 1.29 bits per heavy atom. The second-order valence-corrected chi connectivity index (χ2v) is 6.14. The lowest BCUT2D eigenvalue weighted by Crippen LogP contribution is -2.47. The molecular weight excluding hydrogens is 331 g/mol. The molecule has 24 heavy (non-hydrogen) atoms. The Morgan fingerprint density at radius 2 is 1.92 bits per heavy atom. The first kappa shape index (κ1) is 20.7. The third-order valence-electron chi connectivity index (χ3n) is 4.39. The summed E-state index contributed by atoms with van der Waals surface area (Å²) in [5.74, 6) is -0.527. The van der Waals surface area contributed by atoms with E-state index in [1.54, 1.807) is 13.0 Å². The van der Waals surface area contributed by atoms with E-state index in [0.29, 0.717) is 0 Å². The molecule has 1 aromatic rings. The van der Waals surface area contributed by atoms with Crippen LogP contribution in [0.5, 0.6) is 0 Å². The molecule has 2 unspecified atom stereocenters. The number of benzene rings is 1. The zero-order valence-electron chi connectivity index (χ0n) is 14.6. The van der Waals surface area contributed by atoms with E-state index in [-0.39, 0.29) is 30.2 Å². The minimum atomic E-state index is -0.581. The average molecular weight is 359 g/mol. The lowest BCUT2D eigenvalue weighted by molar-refractivity contribution is -0.122. The summed E-state index contributed by atoms with van der Waals surface area (Å²) in [6, 6.07) is 3.92. The summed E-state index contributed by atoms with van der Waals surface area (Å²) in [4.78, 5) is 16.5. The molecule has 1 heterocycles. The fourth-order valence-electron chi connectivity index (χ4n) is 2.89. The van der Waals surface area contributed by atoms with Crippen molar-refractivity contribution in [2.75, 3.05) is 37.6 Å². The van der Waals surface area contributed by atoms with Gasteiger partial charge >= 0.3 is 0 Å². The van der Waals surface area contributed by atoms with Crippen LogP contribution in [0.25, 0.3) is 0 Å². The minimum Gasteiger partial charge on any atom is -0.369 e. The van der Waals surface area contributed by atoms with Gasteiger partial charge in [-0.05, 0) is 38.6 Å². The molecule has 5 nitrogen and oxygen atoms in total. The first-order valence-corrected chi connectivity index (χ1v) is 8.25. The van der Waals surface area contributed by atoms with Gasteiger partial charge in [0.1, 0.15) is 5.82 Å². The molecule has 0 saturated carbocycles. The number of hydrogen-bond donors (Lipinski definition) is 2. The molecule has 136 valence electrons. The van der Waals surface area contributed by atoms with Gasteiger partial charge in [0.2, 0.25) is 5.91 Å². The van der Waals surface area contributed by atoms with Gasteiger partial charge in [0.25, 0.3) is 0 Å². The number of anilines is 1. The molecule has 2 rings (SSSR count). The van der Waals surface area contributed by atoms with Gasteiger partial charge in [0, 0.05) is 37.4 Å². The molecule has 7 heteroatoms. The topological polar surface area (TPSA) is 61.6 Å². The summed E-state index contributed by atoms with van der Waals surface area (Å²) in [7, 11) is 0. The normalized spacial score (nSPS) is 17.8. The Hall–Kier alpha value is -1.37. The average Bonchev–Trinajstić information content (AvgIpc) is 2.54. The molecular formula is C17H28ClFN4O. The monoisotopic (exact) mass is 358 g/mol. The van der Waals surface area contributed by atoms with Gasteiger partial charge in [-0.25, -0.2) is 4.39 Å². The van der Waals surface area contributed by atoms with Crippen LogP contribution in [-0.2, 0) is 4.79 Å². The van der Waals surface area contributed by atoms with E-state index < -0.39 is 6.04 Å². The summed E-state index contributed by atoms with van der Waals surface area (Å²) >= 11 is 0. The van der Waals surface area contributed by atoms with Crippen LogP contribution in [0.4, 0.5) is 10.1 Å². The Kier molecular flexibility index (Phi) is 7.93. The number of halogens is 2. The quantitative estimate of drug-likeness (QED) is 0.844. The van der Waals surface area contributed by atoms with Crippen molar-refractivity contribution in [2.24, 2.45) is 5.73 Å². The van der Waals surface area contributed by atoms with Gasteiger partial charge in [0.15, 0.2) is 0 Å². The van der Waals surface area contributed by atoms with Crippen molar-refractivity contribution >= 4 is 24.0 Å². The molecule has 1 aromatic carbocycles. The maximum Gasteiger partial charge on any atom is 0.237 e. The molecule has 2 atom stereocenters. The van der Waals surface area contributed by atoms with E-state index in [2.05, 4.69) is 22.0 Å². The lowest BCUT2D eigenvalue weighted by Gasteiger charge is -2.37. The predicted octanol–water partition coefficient (Wildman–Crippen LogP) is 1.91. The molecule has 0 radical (unpaired) electrons. The van der Waals surface area contributed by atoms with Crippen molar-refractivity contribution in [2.45, 2.75) is 32.9 Å². The third kappa shape index (κ3) is 5.06. The highest BCUT2D eigenvalue weighted by Crippen LogP contribution is 2.28. The highest BCUT2D eigenvalue weighted by atomic mass is 35.5. The highest BCUT2D eigenvalue weighted by molar-refractivity contribution is 5.85. The second-order valence-electron chi connectivity index (χ2n) is 6.14. The summed E-state index contributed by atoms with van der Waals surface area (Å²) in [6.45, 7) is 10.5. The van der Waals surface area contributed by atoms with E-state index in [0.717, 1.165) is 44.0 Å². The number of likely N-dealkylation sites (N-methyl/N-ethyl adjacent to an activating group) is 1. The second kappa shape index (κ2) is 9.20. The molecule has 1 aliphatic heterocycles. The number of rotatable bonds is 5. The number of nitrogens with zero attached hydrogens (tertiary/aromatic N) is 2. The van der Waals surface area contributed by atoms with Crippen LogP contribution in [0, 0.1) is 5.82 Å². The van der Waals surface area contributed by atoms with Crippen LogP contribution < -0.4 is 16.0 Å². The van der Waals surface area contributed by atoms with Gasteiger partial charge in [0.05, 0.1) is 12.1 Å². The van der Waals surface area contributed by atoms with Crippen LogP contribution in [0.3, 0.4) is 0 Å². The third-order valence-corrected chi connectivity index (χ3v) is 4.39. The first-order valence-electron chi connectivity index (χ1n) is 8.25. The lowest BCUT2D eigenvalue weighted by atomic mass is 10.0. The Morgan fingerprint density at radius 3 is 2.46 bits per heavy atom. The van der Waals surface area contributed by atoms with Crippen molar-refractivity contribution in [1.29, 1.82) is 0 Å². The number of piperazine rings is 1. The Bertz CT molecular complexity index is 547. The summed E-state index contributed by atoms with van der Waals surface area (Å²) < 4.78 is 13.7. The standard InChI is InChI=1S/C17H27FN4O.ClH/c1-4-21-7-9-22(10-8-21)16-6-5-14(18)11-15(16)13(3)20-17(23)12(2)19;/h5-6,11-13H,4,7-10,19H2,1-3H3,(H,20,23);1H. The van der Waals surface area contributed by atoms with Gasteiger partial charge in [-0.15, -0.1) is 12.4 Å². The number of nitrogens with two attached hydrogens (primary N) is 1. The van der Waals surface area contributed by atoms with Crippen molar-refractivity contribution in [3.63, 3.8) is 0 Å². The maximum absolute atomic E-state index is 13.7. The zero-order chi connectivity index (χ0) is 17.0. The molecule has 0 aliphatic carbocycles. The van der Waals surface area contributed by atoms with Crippen molar-refractivity contribution < 1.29 is 9.18 Å².